The minimum atomic E-state index is -0.824. The molecule has 4 aromatic rings. The summed E-state index contributed by atoms with van der Waals surface area (Å²) in [5.74, 6) is -0.817. The zero-order valence-corrected chi connectivity index (χ0v) is 17.1. The summed E-state index contributed by atoms with van der Waals surface area (Å²) >= 11 is 6.35. The van der Waals surface area contributed by atoms with E-state index >= 15 is 0 Å². The number of fused-ring (bicyclic) bond motifs is 1. The largest absolute Gasteiger partial charge is 0.508 e. The molecule has 2 aromatic heterocycles. The van der Waals surface area contributed by atoms with E-state index in [0.717, 1.165) is 22.5 Å². The molecule has 0 saturated carbocycles. The Bertz CT molecular complexity index is 1370. The number of nitrogens with two attached hydrogens (primary N) is 1. The van der Waals surface area contributed by atoms with Crippen LogP contribution in [0, 0.1) is 13.8 Å². The first-order chi connectivity index (χ1) is 14.2. The van der Waals surface area contributed by atoms with E-state index in [9.17, 15) is 14.7 Å². The van der Waals surface area contributed by atoms with E-state index in [-0.39, 0.29) is 16.3 Å². The fourth-order valence-corrected chi connectivity index (χ4v) is 3.84. The van der Waals surface area contributed by atoms with Crippen LogP contribution in [0.2, 0.25) is 5.02 Å². The number of aryl methyl sites for hydroxylation is 2. The highest BCUT2D eigenvalue weighted by Gasteiger charge is 2.16. The molecule has 0 saturated heterocycles. The number of amides is 1. The predicted octanol–water partition coefficient (Wildman–Crippen LogP) is 4.13. The highest BCUT2D eigenvalue weighted by atomic mass is 35.5. The molecule has 0 unspecified atom stereocenters. The smallest absolute Gasteiger partial charge is 0.254 e. The second-order valence-electron chi connectivity index (χ2n) is 7.11. The Labute approximate surface area is 177 Å². The number of phenolic OH excluding ortho intramolecular Hbond substituents is 1. The van der Waals surface area contributed by atoms with Crippen LogP contribution in [0.3, 0.4) is 0 Å². The molecule has 0 aliphatic heterocycles. The van der Waals surface area contributed by atoms with Crippen LogP contribution >= 0.6 is 11.6 Å². The Hall–Kier alpha value is -3.64. The van der Waals surface area contributed by atoms with Crippen LogP contribution in [-0.4, -0.2) is 20.6 Å². The summed E-state index contributed by atoms with van der Waals surface area (Å²) < 4.78 is 1.64. The highest BCUT2D eigenvalue weighted by Crippen LogP contribution is 2.30. The minimum absolute atomic E-state index is 0.00708. The summed E-state index contributed by atoms with van der Waals surface area (Å²) in [4.78, 5) is 29.1. The quantitative estimate of drug-likeness (QED) is 0.521. The van der Waals surface area contributed by atoms with Gasteiger partial charge in [0, 0.05) is 29.0 Å². The number of benzene rings is 2. The summed E-state index contributed by atoms with van der Waals surface area (Å²) in [7, 11) is 0. The summed E-state index contributed by atoms with van der Waals surface area (Å²) in [6.07, 6.45) is 1.39. The van der Waals surface area contributed by atoms with Crippen LogP contribution in [0.25, 0.3) is 27.7 Å². The van der Waals surface area contributed by atoms with Gasteiger partial charge in [-0.25, -0.2) is 0 Å². The molecule has 0 aliphatic rings. The molecule has 150 valence electrons. The average Bonchev–Trinajstić information content (AvgIpc) is 2.67. The second kappa shape index (κ2) is 7.31. The van der Waals surface area contributed by atoms with Gasteiger partial charge in [0.05, 0.1) is 16.2 Å². The second-order valence-corrected chi connectivity index (χ2v) is 7.52. The van der Waals surface area contributed by atoms with Gasteiger partial charge in [0.1, 0.15) is 11.3 Å². The molecule has 4 rings (SSSR count). The molecule has 0 radical (unpaired) electrons. The lowest BCUT2D eigenvalue weighted by Gasteiger charge is -2.15. The van der Waals surface area contributed by atoms with Gasteiger partial charge < -0.3 is 15.4 Å². The van der Waals surface area contributed by atoms with Crippen LogP contribution in [0.4, 0.5) is 0 Å². The molecule has 1 amide bonds. The van der Waals surface area contributed by atoms with Crippen molar-refractivity contribution < 1.29 is 9.90 Å². The predicted molar refractivity (Wildman–Crippen MR) is 117 cm³/mol. The van der Waals surface area contributed by atoms with Gasteiger partial charge in [-0.3, -0.25) is 14.6 Å². The molecular formula is C23H18ClN3O3. The number of aromatic hydroxyl groups is 1. The van der Waals surface area contributed by atoms with Crippen molar-refractivity contribution in [2.24, 2.45) is 5.73 Å². The SMILES string of the molecule is Cc1cc(-c2ccc3c(=O)c(C(N)=O)cn(-c4ccc(O)cc4Cl)c3c2)cc(C)n1. The molecule has 0 atom stereocenters. The lowest BCUT2D eigenvalue weighted by molar-refractivity contribution is 0.0999. The Morgan fingerprint density at radius 2 is 1.73 bits per heavy atom. The maximum Gasteiger partial charge on any atom is 0.254 e. The highest BCUT2D eigenvalue weighted by molar-refractivity contribution is 6.32. The van der Waals surface area contributed by atoms with Crippen molar-refractivity contribution in [2.75, 3.05) is 0 Å². The Morgan fingerprint density at radius 3 is 2.37 bits per heavy atom. The van der Waals surface area contributed by atoms with Crippen molar-refractivity contribution in [3.63, 3.8) is 0 Å². The molecule has 0 bridgehead atoms. The van der Waals surface area contributed by atoms with E-state index in [0.29, 0.717) is 16.6 Å². The number of rotatable bonds is 3. The van der Waals surface area contributed by atoms with E-state index in [1.807, 2.05) is 38.1 Å². The number of phenols is 1. The average molecular weight is 420 g/mol. The first-order valence-corrected chi connectivity index (χ1v) is 9.56. The van der Waals surface area contributed by atoms with Gasteiger partial charge in [0.25, 0.3) is 5.91 Å². The summed E-state index contributed by atoms with van der Waals surface area (Å²) in [6, 6.07) is 13.8. The molecule has 0 spiro atoms. The number of pyridine rings is 2. The lowest BCUT2D eigenvalue weighted by Crippen LogP contribution is -2.24. The number of carbonyl (C=O) groups excluding carboxylic acids is 1. The third-order valence-corrected chi connectivity index (χ3v) is 5.18. The minimum Gasteiger partial charge on any atom is -0.508 e. The van der Waals surface area contributed by atoms with Crippen molar-refractivity contribution in [1.29, 1.82) is 0 Å². The fourth-order valence-electron chi connectivity index (χ4n) is 3.57. The number of aromatic nitrogens is 2. The topological polar surface area (TPSA) is 98.2 Å². The fraction of sp³-hybridized carbons (Fsp3) is 0.0870. The molecular weight excluding hydrogens is 402 g/mol. The number of hydrogen-bond acceptors (Lipinski definition) is 4. The third-order valence-electron chi connectivity index (χ3n) is 4.88. The monoisotopic (exact) mass is 419 g/mol. The molecule has 0 aliphatic carbocycles. The molecule has 0 fully saturated rings. The summed E-state index contributed by atoms with van der Waals surface area (Å²) in [5.41, 5.74) is 9.51. The third kappa shape index (κ3) is 3.42. The Kier molecular flexibility index (Phi) is 4.79. The number of nitrogens with zero attached hydrogens (tertiary/aromatic N) is 2. The van der Waals surface area contributed by atoms with Crippen molar-refractivity contribution >= 4 is 28.4 Å². The van der Waals surface area contributed by atoms with E-state index in [1.165, 1.54) is 18.3 Å². The van der Waals surface area contributed by atoms with E-state index in [4.69, 9.17) is 17.3 Å². The van der Waals surface area contributed by atoms with Gasteiger partial charge >= 0.3 is 0 Å². The maximum absolute atomic E-state index is 12.9. The number of halogens is 1. The molecule has 2 aromatic carbocycles. The molecule has 6 nitrogen and oxygen atoms in total. The van der Waals surface area contributed by atoms with Crippen LogP contribution in [-0.2, 0) is 0 Å². The molecule has 2 heterocycles. The van der Waals surface area contributed by atoms with Gasteiger partial charge in [-0.1, -0.05) is 17.7 Å². The normalized spacial score (nSPS) is 11.0. The zero-order chi connectivity index (χ0) is 21.6. The molecule has 30 heavy (non-hydrogen) atoms. The van der Waals surface area contributed by atoms with Gasteiger partial charge in [0.2, 0.25) is 5.43 Å². The van der Waals surface area contributed by atoms with Crippen molar-refractivity contribution in [2.45, 2.75) is 13.8 Å². The van der Waals surface area contributed by atoms with E-state index < -0.39 is 11.3 Å². The van der Waals surface area contributed by atoms with Gasteiger partial charge in [0.15, 0.2) is 0 Å². The van der Waals surface area contributed by atoms with Crippen LogP contribution in [0.1, 0.15) is 21.7 Å². The lowest BCUT2D eigenvalue weighted by atomic mass is 10.0. The maximum atomic E-state index is 12.9. The number of primary amides is 1. The number of carbonyl (C=O) groups is 1. The standard InChI is InChI=1S/C23H18ClN3O3/c1-12-7-15(8-13(2)26-12)14-3-5-17-21(9-14)27(11-18(22(17)29)23(25)30)20-6-4-16(28)10-19(20)24/h3-11,28H,1-2H3,(H2,25,30). The van der Waals surface area contributed by atoms with Crippen LogP contribution in [0.5, 0.6) is 5.75 Å². The van der Waals surface area contributed by atoms with E-state index in [2.05, 4.69) is 4.98 Å². The first kappa shape index (κ1) is 19.7. The molecule has 3 N–H and O–H groups in total. The van der Waals surface area contributed by atoms with Crippen molar-refractivity contribution in [3.05, 3.63) is 86.9 Å². The number of hydrogen-bond donors (Lipinski definition) is 2. The zero-order valence-electron chi connectivity index (χ0n) is 16.3. The first-order valence-electron chi connectivity index (χ1n) is 9.18. The van der Waals surface area contributed by atoms with Crippen molar-refractivity contribution in [3.8, 4) is 22.6 Å². The van der Waals surface area contributed by atoms with Crippen LogP contribution in [0.15, 0.2) is 59.5 Å². The Balaban J connectivity index is 2.08. The van der Waals surface area contributed by atoms with Crippen LogP contribution < -0.4 is 11.2 Å². The van der Waals surface area contributed by atoms with Gasteiger partial charge in [-0.2, -0.15) is 0 Å². The van der Waals surface area contributed by atoms with Gasteiger partial charge in [-0.05, 0) is 61.4 Å². The summed E-state index contributed by atoms with van der Waals surface area (Å²) in [5, 5.41) is 10.3. The van der Waals surface area contributed by atoms with Crippen molar-refractivity contribution in [1.82, 2.24) is 9.55 Å². The van der Waals surface area contributed by atoms with E-state index in [1.54, 1.807) is 16.7 Å². The van der Waals surface area contributed by atoms with Gasteiger partial charge in [-0.15, -0.1) is 0 Å². The Morgan fingerprint density at radius 1 is 1.03 bits per heavy atom. The molecule has 7 heteroatoms. The summed E-state index contributed by atoms with van der Waals surface area (Å²) in [6.45, 7) is 3.84.